The summed E-state index contributed by atoms with van der Waals surface area (Å²) < 4.78 is 0.968. The highest BCUT2D eigenvalue weighted by Crippen LogP contribution is 2.38. The van der Waals surface area contributed by atoms with Crippen LogP contribution in [0.25, 0.3) is 0 Å². The molecule has 0 bridgehead atoms. The summed E-state index contributed by atoms with van der Waals surface area (Å²) in [5.41, 5.74) is 3.91. The van der Waals surface area contributed by atoms with E-state index < -0.39 is 0 Å². The second-order valence-electron chi connectivity index (χ2n) is 5.30. The zero-order valence-corrected chi connectivity index (χ0v) is 14.7. The zero-order valence-electron chi connectivity index (χ0n) is 13.1. The highest BCUT2D eigenvalue weighted by molar-refractivity contribution is 9.10. The smallest absolute Gasteiger partial charge is 0.158 e. The number of Topliss-reactive ketones (excluding diaryl/α,β-unsaturated/α-hetero) is 2. The van der Waals surface area contributed by atoms with Crippen LogP contribution in [0.5, 0.6) is 0 Å². The molecule has 0 saturated carbocycles. The number of hydrogen-bond acceptors (Lipinski definition) is 3. The second-order valence-corrected chi connectivity index (χ2v) is 6.21. The van der Waals surface area contributed by atoms with Gasteiger partial charge in [0.1, 0.15) is 0 Å². The van der Waals surface area contributed by atoms with Crippen molar-refractivity contribution in [3.8, 4) is 0 Å². The van der Waals surface area contributed by atoms with Crippen molar-refractivity contribution in [2.45, 2.75) is 33.6 Å². The molecule has 0 aliphatic carbocycles. The molecule has 2 rings (SSSR count). The minimum Gasteiger partial charge on any atom is -0.412 e. The zero-order chi connectivity index (χ0) is 15.7. The fourth-order valence-electron chi connectivity index (χ4n) is 2.92. The monoisotopic (exact) mass is 365 g/mol. The third kappa shape index (κ3) is 3.36. The maximum Gasteiger partial charge on any atom is 0.158 e. The molecule has 0 fully saturated rings. The highest BCUT2D eigenvalue weighted by atomic mass is 79.9. The average Bonchev–Trinajstić information content (AvgIpc) is 2.37. The van der Waals surface area contributed by atoms with Crippen LogP contribution in [0, 0.1) is 0 Å². The minimum absolute atomic E-state index is 0. The van der Waals surface area contributed by atoms with E-state index in [0.29, 0.717) is 11.1 Å². The van der Waals surface area contributed by atoms with Gasteiger partial charge >= 0.3 is 0 Å². The van der Waals surface area contributed by atoms with Gasteiger partial charge in [0.25, 0.3) is 0 Å². The van der Waals surface area contributed by atoms with Crippen molar-refractivity contribution >= 4 is 27.5 Å². The van der Waals surface area contributed by atoms with Gasteiger partial charge < -0.3 is 10.8 Å². The number of hydrogen-bond donors (Lipinski definition) is 1. The Morgan fingerprint density at radius 2 is 1.36 bits per heavy atom. The quantitative estimate of drug-likeness (QED) is 0.893. The van der Waals surface area contributed by atoms with Gasteiger partial charge in [-0.25, -0.2) is 0 Å². The fraction of sp³-hybridized carbons (Fsp3) is 0.294. The van der Waals surface area contributed by atoms with Gasteiger partial charge in [0, 0.05) is 32.9 Å². The molecule has 1 heterocycles. The maximum atomic E-state index is 12.1. The average molecular weight is 366 g/mol. The predicted molar refractivity (Wildman–Crippen MR) is 90.4 cm³/mol. The minimum atomic E-state index is -0.297. The Morgan fingerprint density at radius 3 is 1.73 bits per heavy atom. The molecule has 22 heavy (non-hydrogen) atoms. The molecule has 4 nitrogen and oxygen atoms in total. The molecule has 1 aliphatic rings. The summed E-state index contributed by atoms with van der Waals surface area (Å²) in [7, 11) is 0. The predicted octanol–water partition coefficient (Wildman–Crippen LogP) is 3.04. The molecular weight excluding hydrogens is 346 g/mol. The van der Waals surface area contributed by atoms with Crippen LogP contribution in [0.3, 0.4) is 0 Å². The number of dihydropyridines is 1. The van der Waals surface area contributed by atoms with Crippen LogP contribution < -0.4 is 5.32 Å². The van der Waals surface area contributed by atoms with E-state index in [1.165, 1.54) is 0 Å². The molecule has 0 aromatic heterocycles. The third-order valence-corrected chi connectivity index (χ3v) is 4.25. The molecule has 0 unspecified atom stereocenters. The normalized spacial score (nSPS) is 15.3. The van der Waals surface area contributed by atoms with Gasteiger partial charge in [-0.1, -0.05) is 28.1 Å². The van der Waals surface area contributed by atoms with Gasteiger partial charge in [0.15, 0.2) is 11.6 Å². The van der Waals surface area contributed by atoms with Crippen LogP contribution in [0.15, 0.2) is 51.3 Å². The largest absolute Gasteiger partial charge is 0.412 e. The Morgan fingerprint density at radius 1 is 0.955 bits per heavy atom. The van der Waals surface area contributed by atoms with Gasteiger partial charge in [-0.3, -0.25) is 9.59 Å². The van der Waals surface area contributed by atoms with Crippen molar-refractivity contribution in [2.24, 2.45) is 0 Å². The molecule has 1 aromatic carbocycles. The second kappa shape index (κ2) is 7.03. The number of nitrogens with one attached hydrogen (secondary N) is 1. The first kappa shape index (κ1) is 18.3. The molecule has 5 heteroatoms. The first-order chi connectivity index (χ1) is 9.82. The van der Waals surface area contributed by atoms with Crippen molar-refractivity contribution in [2.75, 3.05) is 0 Å². The molecule has 1 aromatic rings. The molecule has 3 N–H and O–H groups in total. The van der Waals surface area contributed by atoms with Crippen molar-refractivity contribution in [3.05, 3.63) is 56.8 Å². The topological polar surface area (TPSA) is 77.7 Å². The van der Waals surface area contributed by atoms with Gasteiger partial charge in [-0.2, -0.15) is 0 Å². The molecule has 0 amide bonds. The summed E-state index contributed by atoms with van der Waals surface area (Å²) >= 11 is 3.41. The number of ketones is 2. The van der Waals surface area contributed by atoms with Crippen molar-refractivity contribution in [1.82, 2.24) is 5.32 Å². The standard InChI is InChI=1S/C17H18BrNO2.H2O/c1-9-15(11(3)20)17(13-5-7-14(18)8-6-13)16(12(4)21)10(2)19-9;/h5-8,17,19H,1-4H3;1H2. The van der Waals surface area contributed by atoms with Crippen LogP contribution in [0.4, 0.5) is 0 Å². The van der Waals surface area contributed by atoms with E-state index in [1.54, 1.807) is 13.8 Å². The summed E-state index contributed by atoms with van der Waals surface area (Å²) in [6.07, 6.45) is 0. The van der Waals surface area contributed by atoms with Crippen LogP contribution in [-0.4, -0.2) is 17.0 Å². The lowest BCUT2D eigenvalue weighted by molar-refractivity contribution is -0.114. The molecule has 118 valence electrons. The molecule has 0 saturated heterocycles. The summed E-state index contributed by atoms with van der Waals surface area (Å²) in [5, 5.41) is 3.16. The Hall–Kier alpha value is -1.72. The van der Waals surface area contributed by atoms with Gasteiger partial charge in [0.05, 0.1) is 0 Å². The van der Waals surface area contributed by atoms with Crippen LogP contribution in [0.1, 0.15) is 39.2 Å². The maximum absolute atomic E-state index is 12.1. The Kier molecular flexibility index (Phi) is 5.85. The van der Waals surface area contributed by atoms with Crippen LogP contribution in [-0.2, 0) is 9.59 Å². The number of carbonyl (C=O) groups excluding carboxylic acids is 2. The van der Waals surface area contributed by atoms with E-state index in [4.69, 9.17) is 0 Å². The lowest BCUT2D eigenvalue weighted by atomic mass is 9.78. The number of benzene rings is 1. The Bertz CT molecular complexity index is 636. The van der Waals surface area contributed by atoms with Crippen LogP contribution in [0.2, 0.25) is 0 Å². The van der Waals surface area contributed by atoms with Crippen molar-refractivity contribution < 1.29 is 15.1 Å². The first-order valence-corrected chi connectivity index (χ1v) is 7.58. The van der Waals surface area contributed by atoms with E-state index in [1.807, 2.05) is 38.1 Å². The molecule has 0 atom stereocenters. The summed E-state index contributed by atoms with van der Waals surface area (Å²) in [5.74, 6) is -0.326. The lowest BCUT2D eigenvalue weighted by Gasteiger charge is -2.30. The van der Waals surface area contributed by atoms with E-state index in [0.717, 1.165) is 21.4 Å². The van der Waals surface area contributed by atoms with E-state index in [-0.39, 0.29) is 23.0 Å². The first-order valence-electron chi connectivity index (χ1n) is 6.78. The molecule has 0 radical (unpaired) electrons. The van der Waals surface area contributed by atoms with Crippen LogP contribution >= 0.6 is 15.9 Å². The van der Waals surface area contributed by atoms with E-state index >= 15 is 0 Å². The highest BCUT2D eigenvalue weighted by Gasteiger charge is 2.33. The Labute approximate surface area is 138 Å². The van der Waals surface area contributed by atoms with Crippen molar-refractivity contribution in [3.63, 3.8) is 0 Å². The number of halogens is 1. The number of carbonyl (C=O) groups is 2. The lowest BCUT2D eigenvalue weighted by Crippen LogP contribution is -2.29. The summed E-state index contributed by atoms with van der Waals surface area (Å²) in [6, 6.07) is 7.76. The molecule has 1 aliphatic heterocycles. The molecular formula is C17H20BrNO3. The van der Waals surface area contributed by atoms with Gasteiger partial charge in [0.2, 0.25) is 0 Å². The van der Waals surface area contributed by atoms with E-state index in [9.17, 15) is 9.59 Å². The number of rotatable bonds is 3. The summed E-state index contributed by atoms with van der Waals surface area (Å²) in [4.78, 5) is 24.2. The van der Waals surface area contributed by atoms with E-state index in [2.05, 4.69) is 21.2 Å². The fourth-order valence-corrected chi connectivity index (χ4v) is 3.18. The number of allylic oxidation sites excluding steroid dienone is 4. The van der Waals surface area contributed by atoms with Gasteiger partial charge in [-0.15, -0.1) is 0 Å². The van der Waals surface area contributed by atoms with Gasteiger partial charge in [-0.05, 0) is 45.4 Å². The van der Waals surface area contributed by atoms with Crippen molar-refractivity contribution in [1.29, 1.82) is 0 Å². The third-order valence-electron chi connectivity index (χ3n) is 3.72. The molecule has 0 spiro atoms. The summed E-state index contributed by atoms with van der Waals surface area (Å²) in [6.45, 7) is 6.85. The Balaban J connectivity index is 0.00000242. The SMILES string of the molecule is CC(=O)C1=C(C)NC(C)=C(C(C)=O)C1c1ccc(Br)cc1.O.